The molecule has 88 valence electrons. The van der Waals surface area contributed by atoms with E-state index in [2.05, 4.69) is 41.9 Å². The number of nitrogens with one attached hydrogen (secondary N) is 3. The Balaban J connectivity index is 1.92. The van der Waals surface area contributed by atoms with Gasteiger partial charge in [0.2, 0.25) is 0 Å². The molecule has 0 saturated heterocycles. The molecule has 1 aromatic carbocycles. The Kier molecular flexibility index (Phi) is 2.72. The number of guanidine groups is 1. The van der Waals surface area contributed by atoms with Crippen molar-refractivity contribution in [2.24, 2.45) is 9.98 Å². The fourth-order valence-corrected chi connectivity index (χ4v) is 2.41. The van der Waals surface area contributed by atoms with Gasteiger partial charge < -0.3 is 16.0 Å². The van der Waals surface area contributed by atoms with E-state index in [9.17, 15) is 0 Å². The van der Waals surface area contributed by atoms with Crippen LogP contribution in [0.2, 0.25) is 0 Å². The van der Waals surface area contributed by atoms with Crippen LogP contribution in [0.4, 0.5) is 17.1 Å². The van der Waals surface area contributed by atoms with Gasteiger partial charge >= 0.3 is 0 Å². The lowest BCUT2D eigenvalue weighted by atomic mass is 10.2. The molecule has 0 saturated carbocycles. The average Bonchev–Trinajstić information content (AvgIpc) is 2.86. The monoisotopic (exact) mass is 293 g/mol. The minimum Gasteiger partial charge on any atom is -0.377 e. The van der Waals surface area contributed by atoms with Crippen LogP contribution in [-0.4, -0.2) is 31.8 Å². The number of benzene rings is 1. The molecule has 3 N–H and O–H groups in total. The van der Waals surface area contributed by atoms with Gasteiger partial charge in [0.15, 0.2) is 5.96 Å². The molecule has 0 unspecified atom stereocenters. The lowest BCUT2D eigenvalue weighted by Crippen LogP contribution is -2.26. The number of anilines is 2. The summed E-state index contributed by atoms with van der Waals surface area (Å²) in [7, 11) is 0. The molecule has 0 amide bonds. The maximum atomic E-state index is 4.34. The van der Waals surface area contributed by atoms with Crippen molar-refractivity contribution >= 4 is 45.2 Å². The summed E-state index contributed by atoms with van der Waals surface area (Å²) >= 11 is 3.59. The summed E-state index contributed by atoms with van der Waals surface area (Å²) in [6, 6.07) is 3.98. The SMILES string of the molecule is Brc1c(NC2=NCCN2)ccc2c1NCC=N2. The van der Waals surface area contributed by atoms with E-state index in [1.54, 1.807) is 0 Å². The second-order valence-electron chi connectivity index (χ2n) is 3.80. The zero-order valence-corrected chi connectivity index (χ0v) is 10.7. The van der Waals surface area contributed by atoms with Crippen LogP contribution in [0.3, 0.4) is 0 Å². The van der Waals surface area contributed by atoms with Crippen LogP contribution < -0.4 is 16.0 Å². The number of halogens is 1. The summed E-state index contributed by atoms with van der Waals surface area (Å²) in [6.45, 7) is 2.48. The van der Waals surface area contributed by atoms with Gasteiger partial charge in [0.05, 0.1) is 34.6 Å². The van der Waals surface area contributed by atoms with E-state index in [1.165, 1.54) is 0 Å². The molecule has 2 aliphatic heterocycles. The van der Waals surface area contributed by atoms with Crippen molar-refractivity contribution < 1.29 is 0 Å². The molecule has 17 heavy (non-hydrogen) atoms. The zero-order valence-electron chi connectivity index (χ0n) is 9.13. The molecule has 0 aliphatic carbocycles. The number of fused-ring (bicyclic) bond motifs is 1. The third-order valence-corrected chi connectivity index (χ3v) is 3.47. The lowest BCUT2D eigenvalue weighted by Gasteiger charge is -2.17. The van der Waals surface area contributed by atoms with Crippen LogP contribution >= 0.6 is 15.9 Å². The molecule has 0 fully saturated rings. The standard InChI is InChI=1S/C11H12BrN5/c12-9-7(17-11-15-5-6-16-11)1-2-8-10(9)14-4-3-13-8/h1-3,14H,4-6H2,(H2,15,16,17). The van der Waals surface area contributed by atoms with E-state index in [0.717, 1.165) is 47.1 Å². The van der Waals surface area contributed by atoms with Gasteiger partial charge in [-0.1, -0.05) is 0 Å². The van der Waals surface area contributed by atoms with Gasteiger partial charge in [0.1, 0.15) is 0 Å². The predicted octanol–water partition coefficient (Wildman–Crippen LogP) is 1.95. The van der Waals surface area contributed by atoms with Crippen molar-refractivity contribution in [3.05, 3.63) is 16.6 Å². The fourth-order valence-electron chi connectivity index (χ4n) is 1.84. The van der Waals surface area contributed by atoms with Gasteiger partial charge in [-0.2, -0.15) is 0 Å². The highest BCUT2D eigenvalue weighted by atomic mass is 79.9. The highest BCUT2D eigenvalue weighted by Gasteiger charge is 2.14. The van der Waals surface area contributed by atoms with Crippen molar-refractivity contribution in [3.63, 3.8) is 0 Å². The Bertz CT molecular complexity index is 509. The van der Waals surface area contributed by atoms with Gasteiger partial charge in [-0.15, -0.1) is 0 Å². The van der Waals surface area contributed by atoms with Crippen LogP contribution in [-0.2, 0) is 0 Å². The van der Waals surface area contributed by atoms with E-state index in [-0.39, 0.29) is 0 Å². The Hall–Kier alpha value is -1.56. The molecular formula is C11H12BrN5. The van der Waals surface area contributed by atoms with E-state index >= 15 is 0 Å². The minimum absolute atomic E-state index is 0.758. The van der Waals surface area contributed by atoms with Crippen LogP contribution in [0.1, 0.15) is 0 Å². The third kappa shape index (κ3) is 2.00. The van der Waals surface area contributed by atoms with Gasteiger partial charge in [0.25, 0.3) is 0 Å². The first-order valence-electron chi connectivity index (χ1n) is 5.49. The van der Waals surface area contributed by atoms with Gasteiger partial charge in [-0.05, 0) is 28.1 Å². The number of hydrogen-bond donors (Lipinski definition) is 3. The molecule has 0 spiro atoms. The molecule has 3 rings (SSSR count). The van der Waals surface area contributed by atoms with Crippen molar-refractivity contribution in [2.45, 2.75) is 0 Å². The number of hydrogen-bond acceptors (Lipinski definition) is 5. The van der Waals surface area contributed by atoms with Crippen LogP contribution in [0, 0.1) is 0 Å². The Morgan fingerprint density at radius 1 is 1.29 bits per heavy atom. The third-order valence-electron chi connectivity index (χ3n) is 2.65. The van der Waals surface area contributed by atoms with Crippen molar-refractivity contribution in [2.75, 3.05) is 30.3 Å². The van der Waals surface area contributed by atoms with Crippen molar-refractivity contribution in [1.82, 2.24) is 5.32 Å². The number of nitrogens with zero attached hydrogens (tertiary/aromatic N) is 2. The first kappa shape index (κ1) is 10.6. The smallest absolute Gasteiger partial charge is 0.195 e. The summed E-state index contributed by atoms with van der Waals surface area (Å²) in [5.41, 5.74) is 2.97. The summed E-state index contributed by atoms with van der Waals surface area (Å²) in [4.78, 5) is 8.64. The van der Waals surface area contributed by atoms with Crippen molar-refractivity contribution in [3.8, 4) is 0 Å². The summed E-state index contributed by atoms with van der Waals surface area (Å²) in [5.74, 6) is 0.824. The molecule has 0 atom stereocenters. The molecule has 5 nitrogen and oxygen atoms in total. The van der Waals surface area contributed by atoms with E-state index < -0.39 is 0 Å². The number of rotatable bonds is 1. The molecule has 0 radical (unpaired) electrons. The average molecular weight is 294 g/mol. The Morgan fingerprint density at radius 3 is 3.06 bits per heavy atom. The van der Waals surface area contributed by atoms with Gasteiger partial charge in [-0.3, -0.25) is 9.98 Å². The Morgan fingerprint density at radius 2 is 2.24 bits per heavy atom. The van der Waals surface area contributed by atoms with E-state index in [4.69, 9.17) is 0 Å². The highest BCUT2D eigenvalue weighted by molar-refractivity contribution is 9.10. The Labute approximate surface area is 108 Å². The number of aliphatic imine (C=N–C) groups is 2. The molecular weight excluding hydrogens is 282 g/mol. The quantitative estimate of drug-likeness (QED) is 0.742. The zero-order chi connectivity index (χ0) is 11.7. The second kappa shape index (κ2) is 4.37. The highest BCUT2D eigenvalue weighted by Crippen LogP contribution is 2.39. The normalized spacial score (nSPS) is 16.9. The lowest BCUT2D eigenvalue weighted by molar-refractivity contribution is 0.959. The molecule has 0 bridgehead atoms. The van der Waals surface area contributed by atoms with E-state index in [1.807, 2.05) is 18.3 Å². The maximum Gasteiger partial charge on any atom is 0.195 e. The van der Waals surface area contributed by atoms with Crippen LogP contribution in [0.15, 0.2) is 26.6 Å². The van der Waals surface area contributed by atoms with Crippen LogP contribution in [0.5, 0.6) is 0 Å². The minimum atomic E-state index is 0.758. The summed E-state index contributed by atoms with van der Waals surface area (Å²) in [5, 5.41) is 9.74. The first-order valence-corrected chi connectivity index (χ1v) is 6.28. The van der Waals surface area contributed by atoms with Gasteiger partial charge in [0, 0.05) is 12.8 Å². The second-order valence-corrected chi connectivity index (χ2v) is 4.59. The summed E-state index contributed by atoms with van der Waals surface area (Å²) < 4.78 is 0.989. The fraction of sp³-hybridized carbons (Fsp3) is 0.273. The molecule has 0 aromatic heterocycles. The molecule has 1 aromatic rings. The maximum absolute atomic E-state index is 4.34. The topological polar surface area (TPSA) is 60.8 Å². The van der Waals surface area contributed by atoms with Crippen LogP contribution in [0.25, 0.3) is 0 Å². The molecule has 2 aliphatic rings. The predicted molar refractivity (Wildman–Crippen MR) is 74.7 cm³/mol. The first-order chi connectivity index (χ1) is 8.34. The van der Waals surface area contributed by atoms with E-state index in [0.29, 0.717) is 0 Å². The summed E-state index contributed by atoms with van der Waals surface area (Å²) in [6.07, 6.45) is 1.87. The molecule has 6 heteroatoms. The van der Waals surface area contributed by atoms with Crippen molar-refractivity contribution in [1.29, 1.82) is 0 Å². The molecule has 2 heterocycles. The van der Waals surface area contributed by atoms with Gasteiger partial charge in [-0.25, -0.2) is 0 Å². The largest absolute Gasteiger partial charge is 0.377 e.